The first-order chi connectivity index (χ1) is 12.7. The Morgan fingerprint density at radius 2 is 1.89 bits per heavy atom. The van der Waals surface area contributed by atoms with Gasteiger partial charge in [-0.25, -0.2) is 0 Å². The first-order valence-corrected chi connectivity index (χ1v) is 9.23. The predicted octanol–water partition coefficient (Wildman–Crippen LogP) is 4.46. The van der Waals surface area contributed by atoms with Crippen molar-refractivity contribution in [3.05, 3.63) is 57.7 Å². The smallest absolute Gasteiger partial charge is 0.351 e. The molecule has 1 N–H and O–H groups in total. The lowest BCUT2D eigenvalue weighted by Crippen LogP contribution is -2.24. The molecule has 27 heavy (non-hydrogen) atoms. The average molecular weight is 435 g/mol. The second-order valence-corrected chi connectivity index (χ2v) is 7.23. The Kier molecular flexibility index (Phi) is 5.83. The highest BCUT2D eigenvalue weighted by Gasteiger charge is 2.32. The Hall–Kier alpha value is -1.97. The number of nitrogens with zero attached hydrogens (tertiary/aromatic N) is 3. The first-order valence-electron chi connectivity index (χ1n) is 7.49. The number of carbonyl (C=O) groups is 1. The standard InChI is InChI=1S/C16H11Cl2F3N4OS/c17-11-3-1-9(2-4-11)6-22-13(26)8-27-15-24-23-14-12(18)5-10(7-25(14)15)16(19,20)21/h1-5,7H,6,8H2,(H,22,26). The van der Waals surface area contributed by atoms with Gasteiger partial charge in [0.15, 0.2) is 10.8 Å². The SMILES string of the molecule is O=C(CSc1nnc2c(Cl)cc(C(F)(F)F)cn12)NCc1ccc(Cl)cc1. The summed E-state index contributed by atoms with van der Waals surface area (Å²) >= 11 is 12.6. The summed E-state index contributed by atoms with van der Waals surface area (Å²) < 4.78 is 40.0. The zero-order chi connectivity index (χ0) is 19.6. The molecule has 0 unspecified atom stereocenters. The third kappa shape index (κ3) is 4.85. The highest BCUT2D eigenvalue weighted by Crippen LogP contribution is 2.33. The Morgan fingerprint density at radius 3 is 2.56 bits per heavy atom. The second kappa shape index (κ2) is 7.95. The average Bonchev–Trinajstić information content (AvgIpc) is 3.02. The van der Waals surface area contributed by atoms with Crippen molar-refractivity contribution >= 4 is 46.5 Å². The van der Waals surface area contributed by atoms with Crippen LogP contribution in [0.5, 0.6) is 0 Å². The number of amides is 1. The largest absolute Gasteiger partial charge is 0.417 e. The molecule has 0 spiro atoms. The molecular formula is C16H11Cl2F3N4OS. The van der Waals surface area contributed by atoms with Gasteiger partial charge in [-0.1, -0.05) is 47.1 Å². The van der Waals surface area contributed by atoms with Crippen LogP contribution < -0.4 is 5.32 Å². The van der Waals surface area contributed by atoms with Crippen LogP contribution in [0.25, 0.3) is 5.65 Å². The van der Waals surface area contributed by atoms with E-state index >= 15 is 0 Å². The van der Waals surface area contributed by atoms with Crippen molar-refractivity contribution in [1.82, 2.24) is 19.9 Å². The summed E-state index contributed by atoms with van der Waals surface area (Å²) in [6, 6.07) is 7.77. The molecule has 0 saturated carbocycles. The lowest BCUT2D eigenvalue weighted by Gasteiger charge is -2.09. The normalized spacial score (nSPS) is 11.7. The first kappa shape index (κ1) is 19.8. The quantitative estimate of drug-likeness (QED) is 0.602. The van der Waals surface area contributed by atoms with Crippen LogP contribution in [-0.4, -0.2) is 26.3 Å². The minimum Gasteiger partial charge on any atom is -0.351 e. The van der Waals surface area contributed by atoms with E-state index in [9.17, 15) is 18.0 Å². The van der Waals surface area contributed by atoms with E-state index in [4.69, 9.17) is 23.2 Å². The van der Waals surface area contributed by atoms with E-state index in [0.717, 1.165) is 34.0 Å². The molecule has 0 bridgehead atoms. The van der Waals surface area contributed by atoms with Gasteiger partial charge in [0.05, 0.1) is 16.3 Å². The molecule has 0 aliphatic carbocycles. The number of rotatable bonds is 5. The van der Waals surface area contributed by atoms with E-state index in [-0.39, 0.29) is 27.5 Å². The van der Waals surface area contributed by atoms with Crippen LogP contribution in [0, 0.1) is 0 Å². The van der Waals surface area contributed by atoms with Gasteiger partial charge in [0.1, 0.15) is 0 Å². The van der Waals surface area contributed by atoms with Crippen LogP contribution in [-0.2, 0) is 17.5 Å². The summed E-state index contributed by atoms with van der Waals surface area (Å²) in [5.41, 5.74) is 0.0369. The molecule has 2 aromatic heterocycles. The molecule has 5 nitrogen and oxygen atoms in total. The summed E-state index contributed by atoms with van der Waals surface area (Å²) in [5.74, 6) is -0.341. The van der Waals surface area contributed by atoms with Crippen molar-refractivity contribution in [2.45, 2.75) is 17.9 Å². The van der Waals surface area contributed by atoms with E-state index in [1.807, 2.05) is 0 Å². The molecule has 0 aliphatic heterocycles. The molecule has 142 valence electrons. The fraction of sp³-hybridized carbons (Fsp3) is 0.188. The molecular weight excluding hydrogens is 424 g/mol. The Labute approximate surface area is 165 Å². The number of fused-ring (bicyclic) bond motifs is 1. The van der Waals surface area contributed by atoms with Crippen molar-refractivity contribution in [3.63, 3.8) is 0 Å². The van der Waals surface area contributed by atoms with Gasteiger partial charge in [-0.3, -0.25) is 9.20 Å². The van der Waals surface area contributed by atoms with Gasteiger partial charge < -0.3 is 5.32 Å². The summed E-state index contributed by atoms with van der Waals surface area (Å²) in [7, 11) is 0. The molecule has 11 heteroatoms. The molecule has 0 fully saturated rings. The summed E-state index contributed by atoms with van der Waals surface area (Å²) in [4.78, 5) is 12.0. The fourth-order valence-electron chi connectivity index (χ4n) is 2.17. The van der Waals surface area contributed by atoms with Gasteiger partial charge in [0.25, 0.3) is 0 Å². The van der Waals surface area contributed by atoms with Gasteiger partial charge in [-0.05, 0) is 23.8 Å². The molecule has 0 aliphatic rings. The number of pyridine rings is 1. The van der Waals surface area contributed by atoms with Crippen molar-refractivity contribution < 1.29 is 18.0 Å². The highest BCUT2D eigenvalue weighted by atomic mass is 35.5. The summed E-state index contributed by atoms with van der Waals surface area (Å²) in [6.07, 6.45) is -3.70. The second-order valence-electron chi connectivity index (χ2n) is 5.44. The molecule has 3 aromatic rings. The van der Waals surface area contributed by atoms with Crippen molar-refractivity contribution in [2.24, 2.45) is 0 Å². The van der Waals surface area contributed by atoms with Crippen LogP contribution in [0.4, 0.5) is 13.2 Å². The van der Waals surface area contributed by atoms with Crippen molar-refractivity contribution in [3.8, 4) is 0 Å². The van der Waals surface area contributed by atoms with Gasteiger partial charge in [-0.15, -0.1) is 10.2 Å². The molecule has 0 atom stereocenters. The molecule has 0 saturated heterocycles. The van der Waals surface area contributed by atoms with E-state index in [0.29, 0.717) is 11.6 Å². The van der Waals surface area contributed by atoms with Gasteiger partial charge in [-0.2, -0.15) is 13.2 Å². The minimum absolute atomic E-state index is 0.0394. The van der Waals surface area contributed by atoms with E-state index in [1.165, 1.54) is 0 Å². The van der Waals surface area contributed by atoms with Gasteiger partial charge in [0, 0.05) is 17.8 Å². The Morgan fingerprint density at radius 1 is 1.19 bits per heavy atom. The summed E-state index contributed by atoms with van der Waals surface area (Å²) in [6.45, 7) is 0.307. The van der Waals surface area contributed by atoms with Gasteiger partial charge >= 0.3 is 6.18 Å². The number of aromatic nitrogens is 3. The van der Waals surface area contributed by atoms with Crippen molar-refractivity contribution in [1.29, 1.82) is 0 Å². The minimum atomic E-state index is -4.56. The van der Waals surface area contributed by atoms with Crippen molar-refractivity contribution in [2.75, 3.05) is 5.75 Å². The lowest BCUT2D eigenvalue weighted by atomic mass is 10.2. The van der Waals surface area contributed by atoms with Crippen LogP contribution in [0.2, 0.25) is 10.0 Å². The Bertz CT molecular complexity index is 976. The van der Waals surface area contributed by atoms with E-state index in [2.05, 4.69) is 15.5 Å². The van der Waals surface area contributed by atoms with Crippen LogP contribution in [0.15, 0.2) is 41.7 Å². The number of alkyl halides is 3. The third-order valence-electron chi connectivity index (χ3n) is 3.49. The van der Waals surface area contributed by atoms with E-state index < -0.39 is 11.7 Å². The van der Waals surface area contributed by atoms with Gasteiger partial charge in [0.2, 0.25) is 5.91 Å². The number of nitrogens with one attached hydrogen (secondary N) is 1. The van der Waals surface area contributed by atoms with E-state index in [1.54, 1.807) is 24.3 Å². The van der Waals surface area contributed by atoms with Crippen LogP contribution in [0.3, 0.4) is 0 Å². The topological polar surface area (TPSA) is 59.3 Å². The number of hydrogen-bond acceptors (Lipinski definition) is 4. The maximum Gasteiger partial charge on any atom is 0.417 e. The molecule has 2 heterocycles. The predicted molar refractivity (Wildman–Crippen MR) is 97.0 cm³/mol. The zero-order valence-electron chi connectivity index (χ0n) is 13.4. The summed E-state index contributed by atoms with van der Waals surface area (Å²) in [5, 5.41) is 10.9. The van der Waals surface area contributed by atoms with Crippen LogP contribution >= 0.6 is 35.0 Å². The number of carbonyl (C=O) groups excluding carboxylic acids is 1. The number of benzene rings is 1. The number of thioether (sulfide) groups is 1. The Balaban J connectivity index is 1.66. The lowest BCUT2D eigenvalue weighted by molar-refractivity contribution is -0.137. The maximum absolute atomic E-state index is 12.9. The van der Waals surface area contributed by atoms with Crippen LogP contribution in [0.1, 0.15) is 11.1 Å². The third-order valence-corrected chi connectivity index (χ3v) is 4.96. The zero-order valence-corrected chi connectivity index (χ0v) is 15.8. The monoisotopic (exact) mass is 434 g/mol. The molecule has 1 amide bonds. The fourth-order valence-corrected chi connectivity index (χ4v) is 3.28. The maximum atomic E-state index is 12.9. The molecule has 0 radical (unpaired) electrons. The molecule has 3 rings (SSSR count). The highest BCUT2D eigenvalue weighted by molar-refractivity contribution is 7.99. The number of halogens is 5. The molecule has 1 aromatic carbocycles. The number of hydrogen-bond donors (Lipinski definition) is 1.